The molecule has 1 saturated heterocycles. The minimum atomic E-state index is -0.218. The van der Waals surface area contributed by atoms with Crippen molar-refractivity contribution >= 4 is 29.5 Å². The highest BCUT2D eigenvalue weighted by molar-refractivity contribution is 6.32. The Morgan fingerprint density at radius 1 is 1.14 bits per heavy atom. The Hall–Kier alpha value is -2.01. The first kappa shape index (κ1) is 19.3. The maximum atomic E-state index is 13.2. The molecule has 2 aliphatic carbocycles. The minimum Gasteiger partial charge on any atom is -0.482 e. The number of carbonyl (C=O) groups is 2. The summed E-state index contributed by atoms with van der Waals surface area (Å²) >= 11 is 6.26. The van der Waals surface area contributed by atoms with Gasteiger partial charge in [0.15, 0.2) is 5.76 Å². The van der Waals surface area contributed by atoms with E-state index in [1.54, 1.807) is 17.0 Å². The van der Waals surface area contributed by atoms with Crippen molar-refractivity contribution in [3.05, 3.63) is 40.6 Å². The van der Waals surface area contributed by atoms with Gasteiger partial charge in [-0.2, -0.15) is 0 Å². The van der Waals surface area contributed by atoms with Crippen LogP contribution >= 0.6 is 11.6 Å². The van der Waals surface area contributed by atoms with Crippen molar-refractivity contribution < 1.29 is 14.3 Å². The number of rotatable bonds is 4. The fourth-order valence-electron chi connectivity index (χ4n) is 4.59. The highest BCUT2D eigenvalue weighted by Crippen LogP contribution is 2.33. The van der Waals surface area contributed by atoms with Gasteiger partial charge in [-0.3, -0.25) is 9.59 Å². The standard InChI is InChI=1S/C22H27ClN2O3/c23-17-10-4-1-7-15(17)13-20-22(27)25(18-11-5-6-12-19(18)28-20)14-21(26)24-16-8-2-3-9-16/h1,4,7,10,13,16,18-19H,2-3,5-6,8-9,11-12,14H2,(H,24,26)/b20-13+. The lowest BCUT2D eigenvalue weighted by molar-refractivity contribution is -0.152. The van der Waals surface area contributed by atoms with E-state index in [1.165, 1.54) is 0 Å². The van der Waals surface area contributed by atoms with Gasteiger partial charge in [-0.1, -0.05) is 49.1 Å². The SMILES string of the molecule is O=C(CN1C(=O)/C(=C\c2ccccc2Cl)OC2CCCCC21)NC1CCCC1. The van der Waals surface area contributed by atoms with E-state index >= 15 is 0 Å². The van der Waals surface area contributed by atoms with Crippen LogP contribution < -0.4 is 5.32 Å². The molecular formula is C22H27ClN2O3. The molecule has 28 heavy (non-hydrogen) atoms. The normalized spacial score (nSPS) is 26.8. The monoisotopic (exact) mass is 402 g/mol. The number of halogens is 1. The van der Waals surface area contributed by atoms with Crippen molar-refractivity contribution in [2.75, 3.05) is 6.54 Å². The fourth-order valence-corrected chi connectivity index (χ4v) is 4.78. The number of benzene rings is 1. The van der Waals surface area contributed by atoms with Gasteiger partial charge in [0.05, 0.1) is 6.04 Å². The van der Waals surface area contributed by atoms with Gasteiger partial charge in [0.2, 0.25) is 5.91 Å². The summed E-state index contributed by atoms with van der Waals surface area (Å²) in [6, 6.07) is 7.60. The van der Waals surface area contributed by atoms with Crippen LogP contribution in [-0.4, -0.2) is 41.4 Å². The Morgan fingerprint density at radius 2 is 1.86 bits per heavy atom. The average Bonchev–Trinajstić information content (AvgIpc) is 3.19. The molecule has 3 fully saturated rings. The van der Waals surface area contributed by atoms with Crippen LogP contribution in [-0.2, 0) is 14.3 Å². The van der Waals surface area contributed by atoms with E-state index in [0.717, 1.165) is 56.9 Å². The number of morpholine rings is 1. The first-order chi connectivity index (χ1) is 13.6. The molecule has 1 aromatic rings. The quantitative estimate of drug-likeness (QED) is 0.777. The lowest BCUT2D eigenvalue weighted by Crippen LogP contribution is -2.57. The number of carbonyl (C=O) groups excluding carboxylic acids is 2. The molecule has 5 nitrogen and oxygen atoms in total. The van der Waals surface area contributed by atoms with E-state index < -0.39 is 0 Å². The highest BCUT2D eigenvalue weighted by Gasteiger charge is 2.42. The Balaban J connectivity index is 1.54. The second-order valence-electron chi connectivity index (χ2n) is 8.02. The zero-order valence-corrected chi connectivity index (χ0v) is 16.8. The third-order valence-electron chi connectivity index (χ3n) is 6.04. The summed E-state index contributed by atoms with van der Waals surface area (Å²) in [7, 11) is 0. The molecule has 1 N–H and O–H groups in total. The molecule has 1 aliphatic heterocycles. The van der Waals surface area contributed by atoms with Crippen molar-refractivity contribution in [2.24, 2.45) is 0 Å². The molecule has 150 valence electrons. The number of fused-ring (bicyclic) bond motifs is 1. The highest BCUT2D eigenvalue weighted by atomic mass is 35.5. The predicted octanol–water partition coefficient (Wildman–Crippen LogP) is 3.91. The summed E-state index contributed by atoms with van der Waals surface area (Å²) in [4.78, 5) is 27.5. The first-order valence-electron chi connectivity index (χ1n) is 10.3. The summed E-state index contributed by atoms with van der Waals surface area (Å²) in [5, 5.41) is 3.67. The molecule has 3 aliphatic rings. The molecule has 2 amide bonds. The lowest BCUT2D eigenvalue weighted by atomic mass is 9.89. The van der Waals surface area contributed by atoms with E-state index in [-0.39, 0.29) is 42.3 Å². The van der Waals surface area contributed by atoms with Crippen molar-refractivity contribution in [3.8, 4) is 0 Å². The maximum absolute atomic E-state index is 13.2. The number of hydrogen-bond donors (Lipinski definition) is 1. The Morgan fingerprint density at radius 3 is 2.64 bits per heavy atom. The molecule has 0 radical (unpaired) electrons. The smallest absolute Gasteiger partial charge is 0.289 e. The molecule has 0 spiro atoms. The van der Waals surface area contributed by atoms with Gasteiger partial charge in [-0.15, -0.1) is 0 Å². The minimum absolute atomic E-state index is 0.0287. The van der Waals surface area contributed by atoms with Crippen LogP contribution in [0.4, 0.5) is 0 Å². The number of ether oxygens (including phenoxy) is 1. The van der Waals surface area contributed by atoms with Gasteiger partial charge in [0.1, 0.15) is 12.6 Å². The second kappa shape index (κ2) is 8.56. The van der Waals surface area contributed by atoms with Crippen molar-refractivity contribution in [1.29, 1.82) is 0 Å². The maximum Gasteiger partial charge on any atom is 0.289 e. The predicted molar refractivity (Wildman–Crippen MR) is 109 cm³/mol. The molecule has 2 saturated carbocycles. The van der Waals surface area contributed by atoms with Gasteiger partial charge in [0.25, 0.3) is 5.91 Å². The van der Waals surface area contributed by atoms with E-state index in [9.17, 15) is 9.59 Å². The molecule has 4 rings (SSSR count). The van der Waals surface area contributed by atoms with Crippen LogP contribution in [0.15, 0.2) is 30.0 Å². The number of amides is 2. The molecule has 1 aromatic carbocycles. The summed E-state index contributed by atoms with van der Waals surface area (Å²) in [5.41, 5.74) is 0.747. The third-order valence-corrected chi connectivity index (χ3v) is 6.39. The zero-order valence-electron chi connectivity index (χ0n) is 16.0. The van der Waals surface area contributed by atoms with E-state index in [0.29, 0.717) is 5.02 Å². The van der Waals surface area contributed by atoms with Crippen LogP contribution in [0, 0.1) is 0 Å². The van der Waals surface area contributed by atoms with Gasteiger partial charge in [-0.05, 0) is 49.8 Å². The second-order valence-corrected chi connectivity index (χ2v) is 8.43. The number of nitrogens with one attached hydrogen (secondary N) is 1. The van der Waals surface area contributed by atoms with Crippen molar-refractivity contribution in [3.63, 3.8) is 0 Å². The van der Waals surface area contributed by atoms with Gasteiger partial charge in [-0.25, -0.2) is 0 Å². The summed E-state index contributed by atoms with van der Waals surface area (Å²) < 4.78 is 6.09. The van der Waals surface area contributed by atoms with Gasteiger partial charge < -0.3 is 15.0 Å². The summed E-state index contributed by atoms with van der Waals surface area (Å²) in [6.07, 6.45) is 9.97. The molecule has 2 unspecified atom stereocenters. The Bertz CT molecular complexity index is 773. The summed E-state index contributed by atoms with van der Waals surface area (Å²) in [6.45, 7) is 0.0969. The van der Waals surface area contributed by atoms with Crippen LogP contribution in [0.3, 0.4) is 0 Å². The molecule has 0 aromatic heterocycles. The molecule has 6 heteroatoms. The van der Waals surface area contributed by atoms with E-state index in [1.807, 2.05) is 18.2 Å². The Kier molecular flexibility index (Phi) is 5.90. The van der Waals surface area contributed by atoms with Crippen LogP contribution in [0.25, 0.3) is 6.08 Å². The third kappa shape index (κ3) is 4.19. The van der Waals surface area contributed by atoms with E-state index in [2.05, 4.69) is 5.32 Å². The average molecular weight is 403 g/mol. The van der Waals surface area contributed by atoms with Gasteiger partial charge >= 0.3 is 0 Å². The molecule has 1 heterocycles. The fraction of sp³-hybridized carbons (Fsp3) is 0.545. The number of hydrogen-bond acceptors (Lipinski definition) is 3. The van der Waals surface area contributed by atoms with Crippen molar-refractivity contribution in [1.82, 2.24) is 10.2 Å². The molecule has 2 atom stereocenters. The largest absolute Gasteiger partial charge is 0.482 e. The summed E-state index contributed by atoms with van der Waals surface area (Å²) in [5.74, 6) is -0.00174. The molecule has 0 bridgehead atoms. The van der Waals surface area contributed by atoms with Crippen LogP contribution in [0.5, 0.6) is 0 Å². The molecular weight excluding hydrogens is 376 g/mol. The van der Waals surface area contributed by atoms with Crippen molar-refractivity contribution in [2.45, 2.75) is 69.6 Å². The van der Waals surface area contributed by atoms with Crippen LogP contribution in [0.1, 0.15) is 56.9 Å². The van der Waals surface area contributed by atoms with Gasteiger partial charge in [0, 0.05) is 11.1 Å². The Labute approximate surface area is 171 Å². The lowest BCUT2D eigenvalue weighted by Gasteiger charge is -2.44. The van der Waals surface area contributed by atoms with E-state index in [4.69, 9.17) is 16.3 Å². The number of nitrogens with zero attached hydrogens (tertiary/aromatic N) is 1. The van der Waals surface area contributed by atoms with Crippen LogP contribution in [0.2, 0.25) is 5.02 Å². The zero-order chi connectivity index (χ0) is 19.5. The topological polar surface area (TPSA) is 58.6 Å². The first-order valence-corrected chi connectivity index (χ1v) is 10.7.